The van der Waals surface area contributed by atoms with Crippen LogP contribution in [0.2, 0.25) is 0 Å². The zero-order valence-corrected chi connectivity index (χ0v) is 19.0. The second-order valence-corrected chi connectivity index (χ2v) is 8.08. The highest BCUT2D eigenvalue weighted by molar-refractivity contribution is 5.79. The van der Waals surface area contributed by atoms with Crippen molar-refractivity contribution in [2.24, 2.45) is 16.8 Å². The first-order chi connectivity index (χ1) is 16.8. The van der Waals surface area contributed by atoms with E-state index in [1.807, 2.05) is 0 Å². The van der Waals surface area contributed by atoms with Gasteiger partial charge in [-0.3, -0.25) is 9.79 Å². The average molecular weight is 512 g/mol. The Hall–Kier alpha value is -3.76. The lowest BCUT2D eigenvalue weighted by molar-refractivity contribution is -0.274. The number of carboxylic acid groups (broad SMARTS) is 1. The molecule has 0 bridgehead atoms. The van der Waals surface area contributed by atoms with Gasteiger partial charge in [0.25, 0.3) is 0 Å². The maximum atomic E-state index is 13.6. The second kappa shape index (κ2) is 10.5. The summed E-state index contributed by atoms with van der Waals surface area (Å²) in [5.41, 5.74) is 0.390. The van der Waals surface area contributed by atoms with Crippen LogP contribution < -0.4 is 10.1 Å². The van der Waals surface area contributed by atoms with Crippen molar-refractivity contribution in [3.05, 3.63) is 77.6 Å². The van der Waals surface area contributed by atoms with Crippen molar-refractivity contribution in [2.75, 3.05) is 0 Å². The van der Waals surface area contributed by atoms with Crippen LogP contribution in [0.1, 0.15) is 24.5 Å². The summed E-state index contributed by atoms with van der Waals surface area (Å²) in [5.74, 6) is -2.16. The van der Waals surface area contributed by atoms with Crippen molar-refractivity contribution < 1.29 is 41.0 Å². The van der Waals surface area contributed by atoms with Crippen molar-refractivity contribution in [2.45, 2.75) is 32.4 Å². The van der Waals surface area contributed by atoms with Crippen molar-refractivity contribution >= 4 is 12.2 Å². The van der Waals surface area contributed by atoms with Gasteiger partial charge in [0.1, 0.15) is 5.75 Å². The topological polar surface area (TPSA) is 70.9 Å². The SMILES string of the molecule is C=C(/N=C\C(=C/C)NCc1ccc(C(F)(F)F)c(-c2ccc(OC(F)(F)F)cc2)c1)[C@H]1C[C@@H]1C(=O)O. The molecule has 1 saturated carbocycles. The minimum atomic E-state index is -4.92. The van der Waals surface area contributed by atoms with Gasteiger partial charge in [-0.05, 0) is 54.3 Å². The smallest absolute Gasteiger partial charge is 0.481 e. The first-order valence-corrected chi connectivity index (χ1v) is 10.7. The fourth-order valence-electron chi connectivity index (χ4n) is 3.53. The van der Waals surface area contributed by atoms with Gasteiger partial charge in [-0.15, -0.1) is 13.2 Å². The standard InChI is InChI=1S/C25H22F6N2O3/c1-3-17(13-32-14(2)19-11-21(19)23(34)35)33-12-15-4-9-22(24(26,27)28)20(10-15)16-5-7-18(8-6-16)36-25(29,30)31/h3-10,13,19,21,33H,2,11-12H2,1H3,(H,34,35)/b17-3+,32-13-/t19-,21+/m1/s1. The number of alkyl halides is 6. The number of benzene rings is 2. The van der Waals surface area contributed by atoms with E-state index < -0.39 is 35.7 Å². The first kappa shape index (κ1) is 26.8. The fraction of sp³-hybridized carbons (Fsp3) is 0.280. The Morgan fingerprint density at radius 1 is 1.14 bits per heavy atom. The molecule has 1 fully saturated rings. The number of nitrogens with zero attached hydrogens (tertiary/aromatic N) is 1. The number of allylic oxidation sites excluding steroid dienone is 3. The average Bonchev–Trinajstić information content (AvgIpc) is 3.59. The number of nitrogens with one attached hydrogen (secondary N) is 1. The summed E-state index contributed by atoms with van der Waals surface area (Å²) in [6, 6.07) is 7.66. The number of hydrogen-bond donors (Lipinski definition) is 2. The van der Waals surface area contributed by atoms with Gasteiger partial charge in [-0.25, -0.2) is 0 Å². The van der Waals surface area contributed by atoms with Gasteiger partial charge < -0.3 is 15.2 Å². The molecule has 5 nitrogen and oxygen atoms in total. The zero-order valence-electron chi connectivity index (χ0n) is 19.0. The molecule has 2 N–H and O–H groups in total. The minimum Gasteiger partial charge on any atom is -0.481 e. The molecule has 0 amide bonds. The predicted molar refractivity (Wildman–Crippen MR) is 121 cm³/mol. The highest BCUT2D eigenvalue weighted by Crippen LogP contribution is 2.44. The largest absolute Gasteiger partial charge is 0.573 e. The highest BCUT2D eigenvalue weighted by Gasteiger charge is 2.45. The number of aliphatic imine (C=N–C) groups is 1. The van der Waals surface area contributed by atoms with Crippen LogP contribution in [0.25, 0.3) is 11.1 Å². The number of carbonyl (C=O) groups is 1. The van der Waals surface area contributed by atoms with Crippen LogP contribution in [0, 0.1) is 11.8 Å². The van der Waals surface area contributed by atoms with Crippen LogP contribution in [0.15, 0.2) is 71.5 Å². The first-order valence-electron chi connectivity index (χ1n) is 10.7. The number of halogens is 6. The van der Waals surface area contributed by atoms with E-state index in [0.29, 0.717) is 23.4 Å². The molecular weight excluding hydrogens is 490 g/mol. The van der Waals surface area contributed by atoms with Crippen LogP contribution in [0.3, 0.4) is 0 Å². The number of carboxylic acids is 1. The van der Waals surface area contributed by atoms with E-state index in [-0.39, 0.29) is 23.6 Å². The predicted octanol–water partition coefficient (Wildman–Crippen LogP) is 6.57. The lowest BCUT2D eigenvalue weighted by atomic mass is 9.96. The summed E-state index contributed by atoms with van der Waals surface area (Å²) < 4.78 is 81.7. The summed E-state index contributed by atoms with van der Waals surface area (Å²) in [7, 11) is 0. The van der Waals surface area contributed by atoms with Crippen LogP contribution in [0.4, 0.5) is 26.3 Å². The molecule has 0 heterocycles. The van der Waals surface area contributed by atoms with E-state index in [0.717, 1.165) is 30.3 Å². The Morgan fingerprint density at radius 3 is 2.33 bits per heavy atom. The summed E-state index contributed by atoms with van der Waals surface area (Å²) in [6.45, 7) is 5.63. The van der Waals surface area contributed by atoms with Crippen LogP contribution in [0.5, 0.6) is 5.75 Å². The molecule has 0 spiro atoms. The monoisotopic (exact) mass is 512 g/mol. The summed E-state index contributed by atoms with van der Waals surface area (Å²) >= 11 is 0. The molecule has 36 heavy (non-hydrogen) atoms. The maximum absolute atomic E-state index is 13.6. The van der Waals surface area contributed by atoms with Gasteiger partial charge in [-0.1, -0.05) is 30.9 Å². The lowest BCUT2D eigenvalue weighted by Crippen LogP contribution is -2.17. The number of hydrogen-bond acceptors (Lipinski definition) is 4. The molecule has 0 aromatic heterocycles. The summed E-state index contributed by atoms with van der Waals surface area (Å²) in [6.07, 6.45) is -5.98. The third-order valence-corrected chi connectivity index (χ3v) is 5.50. The van der Waals surface area contributed by atoms with E-state index in [1.165, 1.54) is 18.3 Å². The summed E-state index contributed by atoms with van der Waals surface area (Å²) in [5, 5.41) is 12.0. The van der Waals surface area contributed by atoms with Crippen LogP contribution in [-0.2, 0) is 17.5 Å². The van der Waals surface area contributed by atoms with Crippen molar-refractivity contribution in [1.82, 2.24) is 5.32 Å². The number of aliphatic carboxylic acids is 1. The van der Waals surface area contributed by atoms with Gasteiger partial charge in [0.2, 0.25) is 0 Å². The van der Waals surface area contributed by atoms with Gasteiger partial charge in [0.05, 0.1) is 11.5 Å². The van der Waals surface area contributed by atoms with E-state index in [9.17, 15) is 31.1 Å². The third kappa shape index (κ3) is 7.12. The van der Waals surface area contributed by atoms with E-state index in [2.05, 4.69) is 21.6 Å². The van der Waals surface area contributed by atoms with Crippen molar-refractivity contribution in [1.29, 1.82) is 0 Å². The van der Waals surface area contributed by atoms with Gasteiger partial charge in [-0.2, -0.15) is 13.2 Å². The molecule has 192 valence electrons. The van der Waals surface area contributed by atoms with E-state index in [4.69, 9.17) is 5.11 Å². The Morgan fingerprint density at radius 2 is 1.81 bits per heavy atom. The number of rotatable bonds is 9. The van der Waals surface area contributed by atoms with E-state index in [1.54, 1.807) is 13.0 Å². The Bertz CT molecular complexity index is 1180. The molecule has 1 aliphatic rings. The normalized spacial score (nSPS) is 18.2. The van der Waals surface area contributed by atoms with Gasteiger partial charge in [0.15, 0.2) is 0 Å². The summed E-state index contributed by atoms with van der Waals surface area (Å²) in [4.78, 5) is 15.2. The molecule has 2 aromatic carbocycles. The molecule has 0 saturated heterocycles. The lowest BCUT2D eigenvalue weighted by Gasteiger charge is -2.16. The molecule has 11 heteroatoms. The molecule has 0 unspecified atom stereocenters. The quantitative estimate of drug-likeness (QED) is 0.295. The highest BCUT2D eigenvalue weighted by atomic mass is 19.4. The molecule has 2 aromatic rings. The zero-order chi connectivity index (χ0) is 26.7. The van der Waals surface area contributed by atoms with Gasteiger partial charge >= 0.3 is 18.5 Å². The molecular formula is C25H22F6N2O3. The molecule has 2 atom stereocenters. The molecule has 3 rings (SSSR count). The maximum Gasteiger partial charge on any atom is 0.573 e. The van der Waals surface area contributed by atoms with Crippen LogP contribution >= 0.6 is 0 Å². The molecule has 0 aliphatic heterocycles. The minimum absolute atomic E-state index is 0.0697. The Balaban J connectivity index is 1.75. The molecule has 1 aliphatic carbocycles. The Labute approximate surface area is 202 Å². The Kier molecular flexibility index (Phi) is 7.80. The van der Waals surface area contributed by atoms with Crippen LogP contribution in [-0.4, -0.2) is 23.7 Å². The number of ether oxygens (including phenoxy) is 1. The fourth-order valence-corrected chi connectivity index (χ4v) is 3.53. The van der Waals surface area contributed by atoms with Crippen molar-refractivity contribution in [3.8, 4) is 16.9 Å². The van der Waals surface area contributed by atoms with Crippen molar-refractivity contribution in [3.63, 3.8) is 0 Å². The van der Waals surface area contributed by atoms with Gasteiger partial charge in [0, 0.05) is 30.1 Å². The van der Waals surface area contributed by atoms with E-state index >= 15 is 0 Å². The third-order valence-electron chi connectivity index (χ3n) is 5.50. The second-order valence-electron chi connectivity index (χ2n) is 8.08. The molecule has 0 radical (unpaired) electrons.